The van der Waals surface area contributed by atoms with E-state index in [0.29, 0.717) is 12.4 Å². The highest BCUT2D eigenvalue weighted by atomic mass is 16.5. The fraction of sp³-hybridized carbons (Fsp3) is 0.500. The molecule has 84 valence electrons. The van der Waals surface area contributed by atoms with Crippen LogP contribution >= 0.6 is 0 Å². The molecule has 0 aromatic heterocycles. The standard InChI is InChI=1S/C14H16O2/c15-13(11-5-3-6-11)14-12-7-2-1-4-10(12)8-9-16-14/h1-2,4,7,11,14H,3,5-6,8-9H2. The highest BCUT2D eigenvalue weighted by molar-refractivity contribution is 5.87. The van der Waals surface area contributed by atoms with Gasteiger partial charge in [-0.15, -0.1) is 0 Å². The topological polar surface area (TPSA) is 26.3 Å². The van der Waals surface area contributed by atoms with Crippen molar-refractivity contribution < 1.29 is 9.53 Å². The Labute approximate surface area is 95.6 Å². The Kier molecular flexibility index (Phi) is 2.52. The summed E-state index contributed by atoms with van der Waals surface area (Å²) in [4.78, 5) is 12.2. The number of ketones is 1. The van der Waals surface area contributed by atoms with E-state index in [1.165, 1.54) is 12.0 Å². The maximum Gasteiger partial charge on any atom is 0.169 e. The lowest BCUT2D eigenvalue weighted by molar-refractivity contribution is -0.138. The van der Waals surface area contributed by atoms with Crippen LogP contribution in [0.3, 0.4) is 0 Å². The SMILES string of the molecule is O=C(C1CCC1)C1OCCc2ccccc21. The summed E-state index contributed by atoms with van der Waals surface area (Å²) in [6.45, 7) is 0.681. The first kappa shape index (κ1) is 10.0. The quantitative estimate of drug-likeness (QED) is 0.759. The molecule has 0 saturated heterocycles. The summed E-state index contributed by atoms with van der Waals surface area (Å²) in [6, 6.07) is 8.18. The number of hydrogen-bond acceptors (Lipinski definition) is 2. The zero-order chi connectivity index (χ0) is 11.0. The van der Waals surface area contributed by atoms with Gasteiger partial charge in [0.1, 0.15) is 6.10 Å². The van der Waals surface area contributed by atoms with E-state index in [1.807, 2.05) is 18.2 Å². The smallest absolute Gasteiger partial charge is 0.169 e. The van der Waals surface area contributed by atoms with Gasteiger partial charge >= 0.3 is 0 Å². The van der Waals surface area contributed by atoms with Crippen LogP contribution in [0.5, 0.6) is 0 Å². The molecule has 2 heteroatoms. The van der Waals surface area contributed by atoms with Crippen molar-refractivity contribution in [1.82, 2.24) is 0 Å². The summed E-state index contributed by atoms with van der Waals surface area (Å²) in [5.41, 5.74) is 2.39. The van der Waals surface area contributed by atoms with E-state index in [0.717, 1.165) is 24.8 Å². The van der Waals surface area contributed by atoms with Crippen LogP contribution < -0.4 is 0 Å². The monoisotopic (exact) mass is 216 g/mol. The van der Waals surface area contributed by atoms with Crippen molar-refractivity contribution >= 4 is 5.78 Å². The minimum absolute atomic E-state index is 0.260. The van der Waals surface area contributed by atoms with Crippen molar-refractivity contribution in [3.8, 4) is 0 Å². The van der Waals surface area contributed by atoms with E-state index in [2.05, 4.69) is 6.07 Å². The number of hydrogen-bond donors (Lipinski definition) is 0. The van der Waals surface area contributed by atoms with Crippen LogP contribution in [-0.2, 0) is 16.0 Å². The molecule has 1 aromatic carbocycles. The first-order valence-electron chi connectivity index (χ1n) is 6.09. The summed E-state index contributed by atoms with van der Waals surface area (Å²) in [6.07, 6.45) is 3.96. The Morgan fingerprint density at radius 2 is 2.06 bits per heavy atom. The summed E-state index contributed by atoms with van der Waals surface area (Å²) in [7, 11) is 0. The molecule has 16 heavy (non-hydrogen) atoms. The zero-order valence-electron chi connectivity index (χ0n) is 9.32. The van der Waals surface area contributed by atoms with Gasteiger partial charge in [0.2, 0.25) is 0 Å². The molecule has 1 atom stereocenters. The van der Waals surface area contributed by atoms with Crippen molar-refractivity contribution in [1.29, 1.82) is 0 Å². The minimum atomic E-state index is -0.282. The van der Waals surface area contributed by atoms with E-state index >= 15 is 0 Å². The average Bonchev–Trinajstić information content (AvgIpc) is 2.26. The molecule has 3 rings (SSSR count). The first-order chi connectivity index (χ1) is 7.86. The van der Waals surface area contributed by atoms with Gasteiger partial charge in [0.15, 0.2) is 5.78 Å². The van der Waals surface area contributed by atoms with Gasteiger partial charge in [0, 0.05) is 5.92 Å². The number of carbonyl (C=O) groups is 1. The molecule has 1 fully saturated rings. The number of carbonyl (C=O) groups excluding carboxylic acids is 1. The average molecular weight is 216 g/mol. The second-order valence-corrected chi connectivity index (χ2v) is 4.73. The maximum absolute atomic E-state index is 12.2. The first-order valence-corrected chi connectivity index (χ1v) is 6.09. The van der Waals surface area contributed by atoms with Crippen LogP contribution in [0.4, 0.5) is 0 Å². The Bertz CT molecular complexity index is 407. The van der Waals surface area contributed by atoms with Crippen LogP contribution in [0.2, 0.25) is 0 Å². The van der Waals surface area contributed by atoms with E-state index in [4.69, 9.17) is 4.74 Å². The van der Waals surface area contributed by atoms with E-state index in [1.54, 1.807) is 0 Å². The fourth-order valence-electron chi connectivity index (χ4n) is 2.54. The highest BCUT2D eigenvalue weighted by Crippen LogP contribution is 2.36. The van der Waals surface area contributed by atoms with Crippen molar-refractivity contribution in [3.63, 3.8) is 0 Å². The van der Waals surface area contributed by atoms with Gasteiger partial charge in [-0.2, -0.15) is 0 Å². The molecule has 2 nitrogen and oxygen atoms in total. The van der Waals surface area contributed by atoms with Crippen LogP contribution in [0, 0.1) is 5.92 Å². The third-order valence-electron chi connectivity index (χ3n) is 3.76. The highest BCUT2D eigenvalue weighted by Gasteiger charge is 2.34. The molecule has 0 radical (unpaired) electrons. The van der Waals surface area contributed by atoms with Crippen molar-refractivity contribution in [2.75, 3.05) is 6.61 Å². The van der Waals surface area contributed by atoms with Crippen LogP contribution in [-0.4, -0.2) is 12.4 Å². The molecule has 0 spiro atoms. The lowest BCUT2D eigenvalue weighted by Crippen LogP contribution is -2.31. The Morgan fingerprint density at radius 3 is 2.81 bits per heavy atom. The lowest BCUT2D eigenvalue weighted by Gasteiger charge is -2.31. The zero-order valence-corrected chi connectivity index (χ0v) is 9.32. The second kappa shape index (κ2) is 4.02. The fourth-order valence-corrected chi connectivity index (χ4v) is 2.54. The molecule has 0 bridgehead atoms. The van der Waals surface area contributed by atoms with Gasteiger partial charge in [0.05, 0.1) is 6.61 Å². The summed E-state index contributed by atoms with van der Waals surface area (Å²) < 4.78 is 5.67. The Morgan fingerprint density at radius 1 is 1.25 bits per heavy atom. The molecule has 1 aromatic rings. The number of Topliss-reactive ketones (excluding diaryl/α,β-unsaturated/α-hetero) is 1. The number of ether oxygens (including phenoxy) is 1. The molecular formula is C14H16O2. The van der Waals surface area contributed by atoms with Crippen LogP contribution in [0.1, 0.15) is 36.5 Å². The molecule has 1 unspecified atom stereocenters. The van der Waals surface area contributed by atoms with E-state index < -0.39 is 0 Å². The third-order valence-corrected chi connectivity index (χ3v) is 3.76. The number of fused-ring (bicyclic) bond motifs is 1. The predicted octanol–water partition coefficient (Wildman–Crippen LogP) is 2.67. The van der Waals surface area contributed by atoms with Gasteiger partial charge < -0.3 is 4.74 Å². The third kappa shape index (κ3) is 1.57. The van der Waals surface area contributed by atoms with E-state index in [9.17, 15) is 4.79 Å². The normalized spacial score (nSPS) is 24.6. The molecule has 0 N–H and O–H groups in total. The van der Waals surface area contributed by atoms with Crippen molar-refractivity contribution in [2.24, 2.45) is 5.92 Å². The summed E-state index contributed by atoms with van der Waals surface area (Å²) in [5.74, 6) is 0.564. The van der Waals surface area contributed by atoms with Crippen molar-refractivity contribution in [2.45, 2.75) is 31.8 Å². The largest absolute Gasteiger partial charge is 0.365 e. The molecule has 1 aliphatic heterocycles. The van der Waals surface area contributed by atoms with Gasteiger partial charge in [-0.1, -0.05) is 30.7 Å². The van der Waals surface area contributed by atoms with Crippen molar-refractivity contribution in [3.05, 3.63) is 35.4 Å². The van der Waals surface area contributed by atoms with Gasteiger partial charge in [0.25, 0.3) is 0 Å². The predicted molar refractivity (Wildman–Crippen MR) is 61.2 cm³/mol. The number of rotatable bonds is 2. The Balaban J connectivity index is 1.89. The van der Waals surface area contributed by atoms with E-state index in [-0.39, 0.29) is 12.0 Å². The van der Waals surface area contributed by atoms with Gasteiger partial charge in [-0.25, -0.2) is 0 Å². The molecule has 1 saturated carbocycles. The second-order valence-electron chi connectivity index (χ2n) is 4.73. The van der Waals surface area contributed by atoms with Gasteiger partial charge in [-0.3, -0.25) is 4.79 Å². The summed E-state index contributed by atoms with van der Waals surface area (Å²) in [5, 5.41) is 0. The molecule has 1 heterocycles. The van der Waals surface area contributed by atoms with Crippen LogP contribution in [0.25, 0.3) is 0 Å². The van der Waals surface area contributed by atoms with Gasteiger partial charge in [-0.05, 0) is 30.4 Å². The number of benzene rings is 1. The molecular weight excluding hydrogens is 200 g/mol. The lowest BCUT2D eigenvalue weighted by atomic mass is 9.78. The molecule has 0 amide bonds. The maximum atomic E-state index is 12.2. The summed E-state index contributed by atoms with van der Waals surface area (Å²) >= 11 is 0. The van der Waals surface area contributed by atoms with Crippen LogP contribution in [0.15, 0.2) is 24.3 Å². The minimum Gasteiger partial charge on any atom is -0.365 e. The molecule has 1 aliphatic carbocycles. The molecule has 2 aliphatic rings. The Hall–Kier alpha value is -1.15.